The highest BCUT2D eigenvalue weighted by Gasteiger charge is 2.30. The first-order valence-electron chi connectivity index (χ1n) is 10.1. The summed E-state index contributed by atoms with van der Waals surface area (Å²) in [5.74, 6) is 6.80. The maximum Gasteiger partial charge on any atom is 0.302 e. The maximum atomic E-state index is 11.2. The molecule has 4 rings (SSSR count). The molecule has 30 heavy (non-hydrogen) atoms. The fraction of sp³-hybridized carbons (Fsp3) is 0.320. The predicted molar refractivity (Wildman–Crippen MR) is 114 cm³/mol. The molecule has 0 aliphatic carbocycles. The molecule has 5 heteroatoms. The number of hydrogen-bond donors (Lipinski definition) is 0. The average Bonchev–Trinajstić information content (AvgIpc) is 3.12. The number of hydrogen-bond acceptors (Lipinski definition) is 5. The number of ether oxygens (including phenoxy) is 3. The van der Waals surface area contributed by atoms with Gasteiger partial charge in [0.1, 0.15) is 18.3 Å². The molecule has 3 aromatic rings. The Labute approximate surface area is 175 Å². The third-order valence-electron chi connectivity index (χ3n) is 5.08. The zero-order valence-electron chi connectivity index (χ0n) is 17.1. The van der Waals surface area contributed by atoms with Crippen molar-refractivity contribution in [2.75, 3.05) is 6.61 Å². The van der Waals surface area contributed by atoms with Crippen LogP contribution < -0.4 is 0 Å². The third-order valence-corrected chi connectivity index (χ3v) is 5.08. The van der Waals surface area contributed by atoms with E-state index in [0.717, 1.165) is 27.9 Å². The Morgan fingerprint density at radius 3 is 2.63 bits per heavy atom. The lowest BCUT2D eigenvalue weighted by atomic mass is 10.1. The van der Waals surface area contributed by atoms with E-state index in [-0.39, 0.29) is 31.1 Å². The van der Waals surface area contributed by atoms with E-state index in [1.54, 1.807) is 0 Å². The van der Waals surface area contributed by atoms with E-state index in [0.29, 0.717) is 12.8 Å². The molecular weight excluding hydrogens is 380 g/mol. The SMILES string of the molecule is CC(=O)O[C@@H]1CC[C@@H](OCC#Cc2c(-c3ccccc3)oc3ccccc23)O[C@H]1C. The number of furan rings is 1. The second kappa shape index (κ2) is 9.17. The van der Waals surface area contributed by atoms with Crippen molar-refractivity contribution in [3.05, 3.63) is 60.2 Å². The van der Waals surface area contributed by atoms with Gasteiger partial charge < -0.3 is 18.6 Å². The number of carbonyl (C=O) groups excluding carboxylic acids is 1. The summed E-state index contributed by atoms with van der Waals surface area (Å²) in [6.07, 6.45) is 0.593. The number of carbonyl (C=O) groups is 1. The Balaban J connectivity index is 1.45. The molecule has 154 valence electrons. The Morgan fingerprint density at radius 2 is 1.87 bits per heavy atom. The Morgan fingerprint density at radius 1 is 1.10 bits per heavy atom. The zero-order chi connectivity index (χ0) is 20.9. The standard InChI is InChI=1S/C25H24O5/c1-17-22(29-18(2)26)14-15-24(28-17)27-16-8-12-21-20-11-6-7-13-23(20)30-25(21)19-9-4-3-5-10-19/h3-7,9-11,13,17,22,24H,14-16H2,1-2H3/t17-,22+,24-/m0/s1. The van der Waals surface area contributed by atoms with Gasteiger partial charge in [0.15, 0.2) is 12.1 Å². The minimum atomic E-state index is -0.351. The Kier molecular flexibility index (Phi) is 6.18. The van der Waals surface area contributed by atoms with E-state index in [1.807, 2.05) is 61.5 Å². The van der Waals surface area contributed by atoms with E-state index in [1.165, 1.54) is 6.92 Å². The summed E-state index contributed by atoms with van der Waals surface area (Å²) < 4.78 is 23.0. The summed E-state index contributed by atoms with van der Waals surface area (Å²) in [7, 11) is 0. The van der Waals surface area contributed by atoms with Gasteiger partial charge in [0.25, 0.3) is 0 Å². The second-order valence-corrected chi connectivity index (χ2v) is 7.28. The lowest BCUT2D eigenvalue weighted by molar-refractivity contribution is -0.220. The summed E-state index contributed by atoms with van der Waals surface area (Å²) >= 11 is 0. The van der Waals surface area contributed by atoms with Crippen LogP contribution in [0, 0.1) is 11.8 Å². The van der Waals surface area contributed by atoms with E-state index in [9.17, 15) is 4.79 Å². The van der Waals surface area contributed by atoms with Crippen LogP contribution >= 0.6 is 0 Å². The van der Waals surface area contributed by atoms with Crippen LogP contribution in [0.4, 0.5) is 0 Å². The van der Waals surface area contributed by atoms with Crippen molar-refractivity contribution in [1.29, 1.82) is 0 Å². The molecule has 1 fully saturated rings. The van der Waals surface area contributed by atoms with Crippen LogP contribution in [0.5, 0.6) is 0 Å². The molecule has 1 saturated heterocycles. The maximum absolute atomic E-state index is 11.2. The van der Waals surface area contributed by atoms with Gasteiger partial charge in [-0.05, 0) is 25.5 Å². The molecule has 0 radical (unpaired) electrons. The largest absolute Gasteiger partial charge is 0.460 e. The summed E-state index contributed by atoms with van der Waals surface area (Å²) in [5, 5.41) is 0.982. The molecule has 0 amide bonds. The smallest absolute Gasteiger partial charge is 0.302 e. The van der Waals surface area contributed by atoms with E-state index in [2.05, 4.69) is 11.8 Å². The van der Waals surface area contributed by atoms with Crippen molar-refractivity contribution in [3.8, 4) is 23.2 Å². The van der Waals surface area contributed by atoms with Gasteiger partial charge in [0.05, 0.1) is 11.7 Å². The average molecular weight is 404 g/mol. The molecule has 0 N–H and O–H groups in total. The number of para-hydroxylation sites is 1. The minimum Gasteiger partial charge on any atom is -0.460 e. The first-order chi connectivity index (χ1) is 14.6. The monoisotopic (exact) mass is 404 g/mol. The molecule has 2 aromatic carbocycles. The summed E-state index contributed by atoms with van der Waals surface area (Å²) in [5.41, 5.74) is 2.65. The van der Waals surface area contributed by atoms with Gasteiger partial charge in [-0.2, -0.15) is 0 Å². The van der Waals surface area contributed by atoms with Gasteiger partial charge in [-0.3, -0.25) is 4.79 Å². The lowest BCUT2D eigenvalue weighted by Crippen LogP contribution is -2.40. The van der Waals surface area contributed by atoms with Crippen molar-refractivity contribution < 1.29 is 23.4 Å². The van der Waals surface area contributed by atoms with Gasteiger partial charge >= 0.3 is 5.97 Å². The van der Waals surface area contributed by atoms with E-state index >= 15 is 0 Å². The van der Waals surface area contributed by atoms with Gasteiger partial charge in [-0.15, -0.1) is 0 Å². The highest BCUT2D eigenvalue weighted by atomic mass is 16.7. The van der Waals surface area contributed by atoms with Crippen molar-refractivity contribution in [2.24, 2.45) is 0 Å². The summed E-state index contributed by atoms with van der Waals surface area (Å²) in [6, 6.07) is 17.8. The van der Waals surface area contributed by atoms with Crippen LogP contribution in [0.25, 0.3) is 22.3 Å². The molecule has 0 unspecified atom stereocenters. The number of fused-ring (bicyclic) bond motifs is 1. The molecule has 5 nitrogen and oxygen atoms in total. The quantitative estimate of drug-likeness (QED) is 0.456. The Hall–Kier alpha value is -3.07. The molecule has 0 bridgehead atoms. The van der Waals surface area contributed by atoms with Crippen LogP contribution in [-0.2, 0) is 19.0 Å². The van der Waals surface area contributed by atoms with Crippen molar-refractivity contribution in [2.45, 2.75) is 45.2 Å². The number of benzene rings is 2. The fourth-order valence-electron chi connectivity index (χ4n) is 3.64. The minimum absolute atomic E-state index is 0.205. The highest BCUT2D eigenvalue weighted by molar-refractivity contribution is 5.91. The Bertz CT molecular complexity index is 1070. The van der Waals surface area contributed by atoms with Crippen LogP contribution in [0.2, 0.25) is 0 Å². The van der Waals surface area contributed by atoms with Gasteiger partial charge in [-0.1, -0.05) is 54.3 Å². The molecule has 0 saturated carbocycles. The van der Waals surface area contributed by atoms with Crippen LogP contribution in [0.3, 0.4) is 0 Å². The molecule has 1 aliphatic heterocycles. The first-order valence-corrected chi connectivity index (χ1v) is 10.1. The molecule has 0 spiro atoms. The summed E-state index contributed by atoms with van der Waals surface area (Å²) in [6.45, 7) is 3.54. The molecule has 1 aromatic heterocycles. The third kappa shape index (κ3) is 4.56. The molecule has 3 atom stereocenters. The first kappa shape index (κ1) is 20.2. The van der Waals surface area contributed by atoms with Crippen molar-refractivity contribution >= 4 is 16.9 Å². The van der Waals surface area contributed by atoms with Gasteiger partial charge in [-0.25, -0.2) is 0 Å². The van der Waals surface area contributed by atoms with E-state index < -0.39 is 0 Å². The van der Waals surface area contributed by atoms with Crippen LogP contribution in [0.15, 0.2) is 59.0 Å². The fourth-order valence-corrected chi connectivity index (χ4v) is 3.64. The van der Waals surface area contributed by atoms with Gasteiger partial charge in [0.2, 0.25) is 0 Å². The molecule has 2 heterocycles. The molecule has 1 aliphatic rings. The lowest BCUT2D eigenvalue weighted by Gasteiger charge is -2.33. The van der Waals surface area contributed by atoms with E-state index in [4.69, 9.17) is 18.6 Å². The van der Waals surface area contributed by atoms with Crippen molar-refractivity contribution in [1.82, 2.24) is 0 Å². The summed E-state index contributed by atoms with van der Waals surface area (Å²) in [4.78, 5) is 11.2. The highest BCUT2D eigenvalue weighted by Crippen LogP contribution is 2.32. The van der Waals surface area contributed by atoms with Crippen molar-refractivity contribution in [3.63, 3.8) is 0 Å². The molecular formula is C25H24O5. The van der Waals surface area contributed by atoms with Crippen LogP contribution in [0.1, 0.15) is 32.3 Å². The second-order valence-electron chi connectivity index (χ2n) is 7.28. The van der Waals surface area contributed by atoms with Gasteiger partial charge in [0, 0.05) is 24.3 Å². The number of esters is 1. The normalized spacial score (nSPS) is 21.1. The topological polar surface area (TPSA) is 57.9 Å². The number of rotatable bonds is 4. The zero-order valence-corrected chi connectivity index (χ0v) is 17.1. The predicted octanol–water partition coefficient (Wildman–Crippen LogP) is 4.92. The van der Waals surface area contributed by atoms with Crippen LogP contribution in [-0.4, -0.2) is 31.1 Å².